The van der Waals surface area contributed by atoms with Gasteiger partial charge in [-0.2, -0.15) is 0 Å². The molecule has 0 atom stereocenters. The molecule has 0 heterocycles. The Morgan fingerprint density at radius 3 is 2.14 bits per heavy atom. The third-order valence-corrected chi connectivity index (χ3v) is 4.97. The van der Waals surface area contributed by atoms with Gasteiger partial charge in [0.25, 0.3) is 5.91 Å². The SMILES string of the molecule is CC(C)N(C(=O)c1ccc(C2CCCCC2)cc1)C1CC1. The molecule has 2 aliphatic rings. The summed E-state index contributed by atoms with van der Waals surface area (Å²) in [5.74, 6) is 0.926. The summed E-state index contributed by atoms with van der Waals surface area (Å²) in [6.07, 6.45) is 9.06. The van der Waals surface area contributed by atoms with Crippen LogP contribution < -0.4 is 0 Å². The number of benzene rings is 1. The first-order valence-electron chi connectivity index (χ1n) is 8.59. The lowest BCUT2D eigenvalue weighted by atomic mass is 9.84. The molecule has 2 saturated carbocycles. The van der Waals surface area contributed by atoms with Crippen molar-refractivity contribution >= 4 is 5.91 Å². The van der Waals surface area contributed by atoms with Gasteiger partial charge in [0.05, 0.1) is 0 Å². The Hall–Kier alpha value is -1.31. The number of nitrogens with zero attached hydrogens (tertiary/aromatic N) is 1. The molecule has 2 nitrogen and oxygen atoms in total. The van der Waals surface area contributed by atoms with Crippen LogP contribution in [0.25, 0.3) is 0 Å². The van der Waals surface area contributed by atoms with Crippen LogP contribution in [0.1, 0.15) is 80.6 Å². The van der Waals surface area contributed by atoms with Gasteiger partial charge in [0.1, 0.15) is 0 Å². The summed E-state index contributed by atoms with van der Waals surface area (Å²) in [6, 6.07) is 9.25. The van der Waals surface area contributed by atoms with Gasteiger partial charge in [0, 0.05) is 17.6 Å². The number of hydrogen-bond donors (Lipinski definition) is 0. The molecule has 0 saturated heterocycles. The van der Waals surface area contributed by atoms with Crippen LogP contribution in [0.4, 0.5) is 0 Å². The van der Waals surface area contributed by atoms with Crippen molar-refractivity contribution in [2.75, 3.05) is 0 Å². The van der Waals surface area contributed by atoms with Crippen LogP contribution in [-0.4, -0.2) is 22.9 Å². The number of carbonyl (C=O) groups excluding carboxylic acids is 1. The maximum Gasteiger partial charge on any atom is 0.254 e. The molecular weight excluding hydrogens is 258 g/mol. The third kappa shape index (κ3) is 3.30. The molecular formula is C19H27NO. The van der Waals surface area contributed by atoms with Crippen LogP contribution in [-0.2, 0) is 0 Å². The minimum atomic E-state index is 0.211. The van der Waals surface area contributed by atoms with E-state index in [1.165, 1.54) is 50.5 Å². The molecule has 21 heavy (non-hydrogen) atoms. The predicted octanol–water partition coefficient (Wildman–Crippen LogP) is 4.75. The Morgan fingerprint density at radius 1 is 1.00 bits per heavy atom. The van der Waals surface area contributed by atoms with Crippen LogP contribution >= 0.6 is 0 Å². The zero-order valence-corrected chi connectivity index (χ0v) is 13.3. The Bertz CT molecular complexity index is 479. The van der Waals surface area contributed by atoms with Crippen molar-refractivity contribution in [2.24, 2.45) is 0 Å². The number of amides is 1. The second-order valence-corrected chi connectivity index (χ2v) is 6.99. The van der Waals surface area contributed by atoms with E-state index >= 15 is 0 Å². The van der Waals surface area contributed by atoms with E-state index in [0.29, 0.717) is 18.0 Å². The number of hydrogen-bond acceptors (Lipinski definition) is 1. The molecule has 2 fully saturated rings. The highest BCUT2D eigenvalue weighted by molar-refractivity contribution is 5.94. The van der Waals surface area contributed by atoms with E-state index in [-0.39, 0.29) is 5.91 Å². The molecule has 2 heteroatoms. The third-order valence-electron chi connectivity index (χ3n) is 4.97. The van der Waals surface area contributed by atoms with Gasteiger partial charge < -0.3 is 4.90 Å². The van der Waals surface area contributed by atoms with Gasteiger partial charge in [-0.3, -0.25) is 4.79 Å². The molecule has 0 bridgehead atoms. The van der Waals surface area contributed by atoms with Gasteiger partial charge in [0.15, 0.2) is 0 Å². The first kappa shape index (κ1) is 14.6. The van der Waals surface area contributed by atoms with Crippen molar-refractivity contribution in [1.29, 1.82) is 0 Å². The molecule has 0 aromatic heterocycles. The zero-order chi connectivity index (χ0) is 14.8. The summed E-state index contributed by atoms with van der Waals surface area (Å²) in [5.41, 5.74) is 2.28. The van der Waals surface area contributed by atoms with Crippen molar-refractivity contribution in [3.8, 4) is 0 Å². The summed E-state index contributed by atoms with van der Waals surface area (Å²) >= 11 is 0. The number of carbonyl (C=O) groups is 1. The van der Waals surface area contributed by atoms with Gasteiger partial charge in [-0.1, -0.05) is 31.4 Å². The highest BCUT2D eigenvalue weighted by Crippen LogP contribution is 2.33. The van der Waals surface area contributed by atoms with Crippen LogP contribution in [0.3, 0.4) is 0 Å². The lowest BCUT2D eigenvalue weighted by Gasteiger charge is -2.27. The van der Waals surface area contributed by atoms with E-state index in [1.807, 2.05) is 12.1 Å². The average molecular weight is 285 g/mol. The topological polar surface area (TPSA) is 20.3 Å². The molecule has 0 unspecified atom stereocenters. The van der Waals surface area contributed by atoms with Gasteiger partial charge in [-0.15, -0.1) is 0 Å². The standard InChI is InChI=1S/C19H27NO/c1-14(2)20(18-12-13-18)19(21)17-10-8-16(9-11-17)15-6-4-3-5-7-15/h8-11,14-15,18H,3-7,12-13H2,1-2H3. The largest absolute Gasteiger partial charge is 0.333 e. The first-order valence-corrected chi connectivity index (χ1v) is 8.59. The van der Waals surface area contributed by atoms with Gasteiger partial charge in [-0.05, 0) is 63.1 Å². The van der Waals surface area contributed by atoms with E-state index in [4.69, 9.17) is 0 Å². The molecule has 0 aliphatic heterocycles. The fourth-order valence-corrected chi connectivity index (χ4v) is 3.66. The fourth-order valence-electron chi connectivity index (χ4n) is 3.66. The van der Waals surface area contributed by atoms with Crippen molar-refractivity contribution in [2.45, 2.75) is 76.8 Å². The minimum Gasteiger partial charge on any atom is -0.333 e. The highest BCUT2D eigenvalue weighted by Gasteiger charge is 2.34. The van der Waals surface area contributed by atoms with Crippen LogP contribution in [0.2, 0.25) is 0 Å². The second-order valence-electron chi connectivity index (χ2n) is 6.99. The maximum atomic E-state index is 12.7. The summed E-state index contributed by atoms with van der Waals surface area (Å²) in [5, 5.41) is 0. The Kier molecular flexibility index (Phi) is 4.32. The molecule has 3 rings (SSSR count). The molecule has 1 aromatic carbocycles. The lowest BCUT2D eigenvalue weighted by molar-refractivity contribution is 0.0690. The van der Waals surface area contributed by atoms with Crippen molar-refractivity contribution in [3.63, 3.8) is 0 Å². The monoisotopic (exact) mass is 285 g/mol. The average Bonchev–Trinajstić information content (AvgIpc) is 3.33. The minimum absolute atomic E-state index is 0.211. The molecule has 2 aliphatic carbocycles. The van der Waals surface area contributed by atoms with Crippen LogP contribution in [0.5, 0.6) is 0 Å². The first-order chi connectivity index (χ1) is 10.2. The maximum absolute atomic E-state index is 12.7. The summed E-state index contributed by atoms with van der Waals surface area (Å²) < 4.78 is 0. The zero-order valence-electron chi connectivity index (χ0n) is 13.3. The smallest absolute Gasteiger partial charge is 0.254 e. The molecule has 0 N–H and O–H groups in total. The van der Waals surface area contributed by atoms with E-state index in [1.54, 1.807) is 0 Å². The van der Waals surface area contributed by atoms with Gasteiger partial charge >= 0.3 is 0 Å². The van der Waals surface area contributed by atoms with E-state index in [9.17, 15) is 4.79 Å². The molecule has 1 amide bonds. The Labute approximate surface area is 128 Å². The molecule has 114 valence electrons. The van der Waals surface area contributed by atoms with Crippen molar-refractivity contribution in [3.05, 3.63) is 35.4 Å². The lowest BCUT2D eigenvalue weighted by Crippen LogP contribution is -2.38. The summed E-state index contributed by atoms with van der Waals surface area (Å²) in [7, 11) is 0. The number of rotatable bonds is 4. The van der Waals surface area contributed by atoms with E-state index in [2.05, 4.69) is 30.9 Å². The second kappa shape index (κ2) is 6.21. The Balaban J connectivity index is 1.72. The molecule has 1 aromatic rings. The van der Waals surface area contributed by atoms with Crippen LogP contribution in [0, 0.1) is 0 Å². The van der Waals surface area contributed by atoms with Crippen molar-refractivity contribution < 1.29 is 4.79 Å². The quantitative estimate of drug-likeness (QED) is 0.782. The van der Waals surface area contributed by atoms with E-state index < -0.39 is 0 Å². The Morgan fingerprint density at radius 2 is 1.62 bits per heavy atom. The van der Waals surface area contributed by atoms with Crippen LogP contribution in [0.15, 0.2) is 24.3 Å². The normalized spacial score (nSPS) is 19.8. The molecule has 0 radical (unpaired) electrons. The summed E-state index contributed by atoms with van der Waals surface area (Å²) in [4.78, 5) is 14.7. The van der Waals surface area contributed by atoms with Gasteiger partial charge in [0.2, 0.25) is 0 Å². The fraction of sp³-hybridized carbons (Fsp3) is 0.632. The van der Waals surface area contributed by atoms with E-state index in [0.717, 1.165) is 5.56 Å². The predicted molar refractivity (Wildman–Crippen MR) is 86.6 cm³/mol. The highest BCUT2D eigenvalue weighted by atomic mass is 16.2. The summed E-state index contributed by atoms with van der Waals surface area (Å²) in [6.45, 7) is 4.24. The van der Waals surface area contributed by atoms with Gasteiger partial charge in [-0.25, -0.2) is 0 Å². The van der Waals surface area contributed by atoms with Crippen molar-refractivity contribution in [1.82, 2.24) is 4.90 Å². The molecule has 0 spiro atoms.